The van der Waals surface area contributed by atoms with Gasteiger partial charge in [-0.15, -0.1) is 0 Å². The van der Waals surface area contributed by atoms with Crippen LogP contribution < -0.4 is 20.5 Å². The average molecular weight is 266 g/mol. The van der Waals surface area contributed by atoms with Gasteiger partial charge in [-0.2, -0.15) is 9.97 Å². The Labute approximate surface area is 113 Å². The molecule has 6 heteroatoms. The first-order valence-electron chi connectivity index (χ1n) is 6.70. The largest absolute Gasteiger partial charge is 0.481 e. The molecule has 1 heterocycles. The molecule has 1 aromatic rings. The highest BCUT2D eigenvalue weighted by Gasteiger charge is 2.24. The van der Waals surface area contributed by atoms with E-state index in [2.05, 4.69) is 15.3 Å². The van der Waals surface area contributed by atoms with Crippen molar-refractivity contribution in [2.75, 3.05) is 26.1 Å². The lowest BCUT2D eigenvalue weighted by atomic mass is 9.98. The molecule has 0 radical (unpaired) electrons. The number of nitrogens with zero attached hydrogens (tertiary/aromatic N) is 2. The Morgan fingerprint density at radius 2 is 1.84 bits per heavy atom. The summed E-state index contributed by atoms with van der Waals surface area (Å²) in [6.07, 6.45) is 5.00. The molecule has 1 saturated carbocycles. The minimum atomic E-state index is 0.208. The van der Waals surface area contributed by atoms with Crippen molar-refractivity contribution >= 4 is 5.95 Å². The summed E-state index contributed by atoms with van der Waals surface area (Å²) in [7, 11) is 3.14. The summed E-state index contributed by atoms with van der Waals surface area (Å²) >= 11 is 0. The van der Waals surface area contributed by atoms with Crippen LogP contribution in [0.1, 0.15) is 25.7 Å². The molecule has 1 atom stereocenters. The summed E-state index contributed by atoms with van der Waals surface area (Å²) < 4.78 is 10.3. The van der Waals surface area contributed by atoms with Crippen molar-refractivity contribution in [3.05, 3.63) is 6.07 Å². The van der Waals surface area contributed by atoms with Crippen LogP contribution in [0.5, 0.6) is 11.8 Å². The molecule has 1 unspecified atom stereocenters. The first kappa shape index (κ1) is 13.9. The van der Waals surface area contributed by atoms with E-state index in [1.807, 2.05) is 0 Å². The highest BCUT2D eigenvalue weighted by molar-refractivity contribution is 5.34. The van der Waals surface area contributed by atoms with E-state index in [-0.39, 0.29) is 6.04 Å². The van der Waals surface area contributed by atoms with Crippen LogP contribution in [0.4, 0.5) is 5.95 Å². The second kappa shape index (κ2) is 6.56. The van der Waals surface area contributed by atoms with Gasteiger partial charge in [-0.25, -0.2) is 0 Å². The van der Waals surface area contributed by atoms with E-state index in [0.29, 0.717) is 30.2 Å². The topological polar surface area (TPSA) is 82.3 Å². The first-order valence-corrected chi connectivity index (χ1v) is 6.70. The van der Waals surface area contributed by atoms with Gasteiger partial charge in [0.15, 0.2) is 0 Å². The number of hydrogen-bond donors (Lipinski definition) is 2. The Balaban J connectivity index is 2.11. The van der Waals surface area contributed by atoms with Crippen molar-refractivity contribution in [2.45, 2.75) is 31.7 Å². The monoisotopic (exact) mass is 266 g/mol. The van der Waals surface area contributed by atoms with Gasteiger partial charge in [0.25, 0.3) is 0 Å². The molecule has 0 amide bonds. The second-order valence-electron chi connectivity index (χ2n) is 4.81. The number of nitrogens with one attached hydrogen (secondary N) is 1. The van der Waals surface area contributed by atoms with Crippen molar-refractivity contribution < 1.29 is 9.47 Å². The Morgan fingerprint density at radius 1 is 1.26 bits per heavy atom. The normalized spacial score (nSPS) is 17.2. The summed E-state index contributed by atoms with van der Waals surface area (Å²) in [6, 6.07) is 1.86. The molecule has 106 valence electrons. The van der Waals surface area contributed by atoms with Gasteiger partial charge in [0.05, 0.1) is 20.3 Å². The van der Waals surface area contributed by atoms with Crippen LogP contribution in [0, 0.1) is 5.92 Å². The number of anilines is 1. The quantitative estimate of drug-likeness (QED) is 0.810. The van der Waals surface area contributed by atoms with Gasteiger partial charge < -0.3 is 20.5 Å². The van der Waals surface area contributed by atoms with Crippen LogP contribution in [0.3, 0.4) is 0 Å². The fourth-order valence-corrected chi connectivity index (χ4v) is 2.57. The minimum Gasteiger partial charge on any atom is -0.481 e. The van der Waals surface area contributed by atoms with Crippen molar-refractivity contribution in [3.8, 4) is 11.8 Å². The lowest BCUT2D eigenvalue weighted by molar-refractivity contribution is 0.371. The predicted molar refractivity (Wildman–Crippen MR) is 73.6 cm³/mol. The Hall–Kier alpha value is -1.56. The van der Waals surface area contributed by atoms with Gasteiger partial charge in [-0.3, -0.25) is 0 Å². The van der Waals surface area contributed by atoms with Crippen LogP contribution >= 0.6 is 0 Å². The Morgan fingerprint density at radius 3 is 2.32 bits per heavy atom. The van der Waals surface area contributed by atoms with Gasteiger partial charge in [0.1, 0.15) is 0 Å². The van der Waals surface area contributed by atoms with E-state index in [1.165, 1.54) is 25.7 Å². The number of aromatic nitrogens is 2. The fourth-order valence-electron chi connectivity index (χ4n) is 2.57. The smallest absolute Gasteiger partial charge is 0.229 e. The molecule has 0 spiro atoms. The number of hydrogen-bond acceptors (Lipinski definition) is 6. The number of nitrogens with two attached hydrogens (primary N) is 1. The summed E-state index contributed by atoms with van der Waals surface area (Å²) in [5.74, 6) is 2.08. The highest BCUT2D eigenvalue weighted by Crippen LogP contribution is 2.29. The summed E-state index contributed by atoms with van der Waals surface area (Å²) in [5, 5.41) is 3.31. The molecular formula is C13H22N4O2. The third kappa shape index (κ3) is 3.47. The molecule has 0 aliphatic heterocycles. The van der Waals surface area contributed by atoms with E-state index < -0.39 is 0 Å². The molecule has 1 aliphatic carbocycles. The van der Waals surface area contributed by atoms with Crippen LogP contribution in [-0.4, -0.2) is 36.8 Å². The summed E-state index contributed by atoms with van der Waals surface area (Å²) in [6.45, 7) is 0.577. The minimum absolute atomic E-state index is 0.208. The molecule has 2 rings (SSSR count). The fraction of sp³-hybridized carbons (Fsp3) is 0.692. The number of rotatable bonds is 6. The third-order valence-electron chi connectivity index (χ3n) is 3.63. The van der Waals surface area contributed by atoms with E-state index in [1.54, 1.807) is 20.3 Å². The average Bonchev–Trinajstić information content (AvgIpc) is 2.98. The predicted octanol–water partition coefficient (Wildman–Crippen LogP) is 1.42. The second-order valence-corrected chi connectivity index (χ2v) is 4.81. The van der Waals surface area contributed by atoms with E-state index >= 15 is 0 Å². The van der Waals surface area contributed by atoms with Crippen LogP contribution in [0.25, 0.3) is 0 Å². The van der Waals surface area contributed by atoms with Gasteiger partial charge in [0, 0.05) is 12.6 Å². The van der Waals surface area contributed by atoms with Crippen LogP contribution in [0.2, 0.25) is 0 Å². The molecule has 1 fully saturated rings. The lowest BCUT2D eigenvalue weighted by Gasteiger charge is -2.23. The molecule has 3 N–H and O–H groups in total. The Kier molecular flexibility index (Phi) is 4.79. The maximum atomic E-state index is 5.86. The first-order chi connectivity index (χ1) is 9.26. The van der Waals surface area contributed by atoms with Crippen LogP contribution in [0.15, 0.2) is 6.07 Å². The van der Waals surface area contributed by atoms with E-state index in [9.17, 15) is 0 Å². The molecule has 0 aromatic carbocycles. The van der Waals surface area contributed by atoms with Gasteiger partial charge in [-0.1, -0.05) is 12.8 Å². The standard InChI is InChI=1S/C13H22N4O2/c1-18-11-7-12(19-2)17-13(16-11)15-10(8-14)9-5-3-4-6-9/h7,9-10H,3-6,8,14H2,1-2H3,(H,15,16,17). The summed E-state index contributed by atoms with van der Waals surface area (Å²) in [4.78, 5) is 8.56. The zero-order chi connectivity index (χ0) is 13.7. The molecule has 6 nitrogen and oxygen atoms in total. The van der Waals surface area contributed by atoms with Crippen molar-refractivity contribution in [3.63, 3.8) is 0 Å². The molecule has 1 aliphatic rings. The van der Waals surface area contributed by atoms with Crippen LogP contribution in [-0.2, 0) is 0 Å². The molecule has 19 heavy (non-hydrogen) atoms. The molecule has 0 bridgehead atoms. The van der Waals surface area contributed by atoms with E-state index in [4.69, 9.17) is 15.2 Å². The zero-order valence-electron chi connectivity index (χ0n) is 11.6. The van der Waals surface area contributed by atoms with Crippen molar-refractivity contribution in [1.82, 2.24) is 9.97 Å². The highest BCUT2D eigenvalue weighted by atomic mass is 16.5. The SMILES string of the molecule is COc1cc(OC)nc(NC(CN)C2CCCC2)n1. The van der Waals surface area contributed by atoms with Gasteiger partial charge >= 0.3 is 0 Å². The third-order valence-corrected chi connectivity index (χ3v) is 3.63. The van der Waals surface area contributed by atoms with Crippen molar-refractivity contribution in [2.24, 2.45) is 11.7 Å². The maximum absolute atomic E-state index is 5.86. The van der Waals surface area contributed by atoms with E-state index in [0.717, 1.165) is 0 Å². The molecular weight excluding hydrogens is 244 g/mol. The molecule has 0 saturated heterocycles. The molecule has 1 aromatic heterocycles. The van der Waals surface area contributed by atoms with Crippen molar-refractivity contribution in [1.29, 1.82) is 0 Å². The lowest BCUT2D eigenvalue weighted by Crippen LogP contribution is -2.35. The van der Waals surface area contributed by atoms with Gasteiger partial charge in [-0.05, 0) is 18.8 Å². The maximum Gasteiger partial charge on any atom is 0.229 e. The van der Waals surface area contributed by atoms with Gasteiger partial charge in [0.2, 0.25) is 17.7 Å². The summed E-state index contributed by atoms with van der Waals surface area (Å²) in [5.41, 5.74) is 5.86. The zero-order valence-corrected chi connectivity index (χ0v) is 11.6. The number of ether oxygens (including phenoxy) is 2. The Bertz CT molecular complexity index is 385. The number of methoxy groups -OCH3 is 2.